The molecular formula is C48H58F2N12O4. The Bertz CT molecular complexity index is 2290. The molecule has 18 heteroatoms. The zero-order valence-electron chi connectivity index (χ0n) is 37.9. The van der Waals surface area contributed by atoms with E-state index in [0.717, 1.165) is 25.7 Å². The molecule has 2 aliphatic heterocycles. The standard InChI is InChI=1S/2C24H29FN6O2/c2*1-16-15-30(21-5-4-18(26-3)14-19(21)25)12-13-31(16)23-27-11-8-20(29-23)22(32)28-17-6-9-24(2,33)10-7-17/h2*4-5,8,11,14,16-17,33H,6-7,9-10,12-13,15H2,1-2H3,(H,28,32)/t2*16-,17?,24?/m11/s1. The maximum Gasteiger partial charge on any atom is 0.270 e. The first-order valence-corrected chi connectivity index (χ1v) is 22.6. The highest BCUT2D eigenvalue weighted by Crippen LogP contribution is 2.31. The van der Waals surface area contributed by atoms with Gasteiger partial charge in [-0.2, -0.15) is 0 Å². The van der Waals surface area contributed by atoms with E-state index in [-0.39, 0.29) is 47.4 Å². The molecule has 2 aromatic carbocycles. The van der Waals surface area contributed by atoms with E-state index in [2.05, 4.69) is 40.3 Å². The maximum atomic E-state index is 14.5. The summed E-state index contributed by atoms with van der Waals surface area (Å²) in [5.41, 5.74) is 0.854. The molecule has 2 aromatic heterocycles. The first kappa shape index (κ1) is 47.5. The minimum atomic E-state index is -0.649. The smallest absolute Gasteiger partial charge is 0.270 e. The second kappa shape index (κ2) is 20.3. The number of anilines is 4. The highest BCUT2D eigenvalue weighted by Gasteiger charge is 2.33. The summed E-state index contributed by atoms with van der Waals surface area (Å²) in [6, 6.07) is 12.3. The lowest BCUT2D eigenvalue weighted by molar-refractivity contribution is 0.0138. The molecule has 2 aliphatic carbocycles. The quantitative estimate of drug-likeness (QED) is 0.140. The van der Waals surface area contributed by atoms with Gasteiger partial charge in [-0.3, -0.25) is 9.59 Å². The van der Waals surface area contributed by atoms with Crippen LogP contribution in [0.3, 0.4) is 0 Å². The Morgan fingerprint density at radius 3 is 1.36 bits per heavy atom. The average molecular weight is 905 g/mol. The largest absolute Gasteiger partial charge is 0.390 e. The van der Waals surface area contributed by atoms with Crippen LogP contribution < -0.4 is 30.2 Å². The van der Waals surface area contributed by atoms with Gasteiger partial charge in [-0.15, -0.1) is 0 Å². The number of piperazine rings is 2. The fourth-order valence-corrected chi connectivity index (χ4v) is 9.10. The Hall–Kier alpha value is -6.50. The van der Waals surface area contributed by atoms with Gasteiger partial charge < -0.3 is 40.4 Å². The molecule has 348 valence electrons. The molecule has 66 heavy (non-hydrogen) atoms. The number of carbonyl (C=O) groups is 2. The summed E-state index contributed by atoms with van der Waals surface area (Å²) in [6.45, 7) is 25.2. The van der Waals surface area contributed by atoms with Crippen molar-refractivity contribution in [2.24, 2.45) is 0 Å². The minimum Gasteiger partial charge on any atom is -0.390 e. The molecular weight excluding hydrogens is 847 g/mol. The van der Waals surface area contributed by atoms with Crippen LogP contribution in [-0.2, 0) is 0 Å². The van der Waals surface area contributed by atoms with Crippen LogP contribution in [0.25, 0.3) is 9.69 Å². The van der Waals surface area contributed by atoms with Gasteiger partial charge in [0, 0.05) is 75.8 Å². The number of amides is 2. The summed E-state index contributed by atoms with van der Waals surface area (Å²) in [6.07, 6.45) is 8.78. The first-order chi connectivity index (χ1) is 31.5. The summed E-state index contributed by atoms with van der Waals surface area (Å²) in [7, 11) is 0. The van der Waals surface area contributed by atoms with Crippen LogP contribution in [0, 0.1) is 24.8 Å². The van der Waals surface area contributed by atoms with Crippen LogP contribution in [0.15, 0.2) is 60.9 Å². The van der Waals surface area contributed by atoms with Crippen LogP contribution in [-0.4, -0.2) is 117 Å². The van der Waals surface area contributed by atoms with Crippen molar-refractivity contribution in [3.05, 3.63) is 107 Å². The summed E-state index contributed by atoms with van der Waals surface area (Å²) in [5, 5.41) is 26.3. The number of halogens is 2. The Morgan fingerprint density at radius 1 is 0.652 bits per heavy atom. The van der Waals surface area contributed by atoms with Gasteiger partial charge in [0.15, 0.2) is 11.4 Å². The molecule has 0 bridgehead atoms. The first-order valence-electron chi connectivity index (χ1n) is 22.6. The maximum absolute atomic E-state index is 14.5. The van der Waals surface area contributed by atoms with Crippen molar-refractivity contribution in [1.29, 1.82) is 0 Å². The third-order valence-corrected chi connectivity index (χ3v) is 13.1. The Kier molecular flexibility index (Phi) is 14.6. The van der Waals surface area contributed by atoms with Crippen LogP contribution in [0.4, 0.5) is 43.4 Å². The average Bonchev–Trinajstić information content (AvgIpc) is 3.30. The topological polar surface area (TPSA) is 172 Å². The predicted molar refractivity (Wildman–Crippen MR) is 248 cm³/mol. The molecule has 4 fully saturated rings. The fourth-order valence-electron chi connectivity index (χ4n) is 9.10. The number of nitrogens with zero attached hydrogens (tertiary/aromatic N) is 10. The van der Waals surface area contributed by atoms with E-state index in [1.807, 2.05) is 47.3 Å². The van der Waals surface area contributed by atoms with Crippen molar-refractivity contribution < 1.29 is 28.6 Å². The molecule has 16 nitrogen and oxygen atoms in total. The molecule has 4 heterocycles. The number of aromatic nitrogens is 4. The van der Waals surface area contributed by atoms with E-state index in [1.54, 1.807) is 48.8 Å². The van der Waals surface area contributed by atoms with E-state index in [1.165, 1.54) is 12.1 Å². The van der Waals surface area contributed by atoms with E-state index in [4.69, 9.17) is 13.1 Å². The van der Waals surface area contributed by atoms with Gasteiger partial charge in [0.05, 0.1) is 35.7 Å². The van der Waals surface area contributed by atoms with E-state index in [9.17, 15) is 28.6 Å². The molecule has 8 rings (SSSR count). The summed E-state index contributed by atoms with van der Waals surface area (Å²) >= 11 is 0. The number of aliphatic hydroxyl groups is 2. The number of hydrogen-bond donors (Lipinski definition) is 4. The second-order valence-electron chi connectivity index (χ2n) is 18.4. The van der Waals surface area contributed by atoms with Gasteiger partial charge in [-0.1, -0.05) is 12.1 Å². The summed E-state index contributed by atoms with van der Waals surface area (Å²) in [4.78, 5) is 57.8. The van der Waals surface area contributed by atoms with Crippen molar-refractivity contribution in [3.63, 3.8) is 0 Å². The number of hydrogen-bond acceptors (Lipinski definition) is 12. The Morgan fingerprint density at radius 2 is 1.03 bits per heavy atom. The molecule has 2 amide bonds. The highest BCUT2D eigenvalue weighted by molar-refractivity contribution is 5.93. The SMILES string of the molecule is [C-]#[N+]c1ccc(N2CCN(c3nccc(C(=O)NC4CCC(C)(O)CC4)n3)[C@H](C)C2)c(F)c1.[C-]#[N+]c1ccc(N2CCN(c3nccc(C(=O)NC4CCC(C)(O)CC4)n3)[C@H](C)C2)c(F)c1. The molecule has 0 spiro atoms. The van der Waals surface area contributed by atoms with Crippen LogP contribution >= 0.6 is 0 Å². The third kappa shape index (κ3) is 11.7. The summed E-state index contributed by atoms with van der Waals surface area (Å²) < 4.78 is 28.9. The zero-order chi connectivity index (χ0) is 47.2. The van der Waals surface area contributed by atoms with E-state index < -0.39 is 22.8 Å². The Labute approximate surface area is 384 Å². The molecule has 2 atom stereocenters. The van der Waals surface area contributed by atoms with Crippen LogP contribution in [0.2, 0.25) is 0 Å². The number of nitrogens with one attached hydrogen (secondary N) is 2. The highest BCUT2D eigenvalue weighted by atomic mass is 19.1. The molecule has 4 N–H and O–H groups in total. The molecule has 0 unspecified atom stereocenters. The fraction of sp³-hybridized carbons (Fsp3) is 0.500. The lowest BCUT2D eigenvalue weighted by Crippen LogP contribution is -2.53. The predicted octanol–water partition coefficient (Wildman–Crippen LogP) is 6.61. The molecule has 4 aromatic rings. The lowest BCUT2D eigenvalue weighted by atomic mass is 9.83. The van der Waals surface area contributed by atoms with Crippen molar-refractivity contribution in [3.8, 4) is 0 Å². The van der Waals surface area contributed by atoms with Gasteiger partial charge in [-0.05, 0) is 115 Å². The van der Waals surface area contributed by atoms with Crippen molar-refractivity contribution in [2.75, 3.05) is 58.9 Å². The number of benzene rings is 2. The van der Waals surface area contributed by atoms with Gasteiger partial charge in [0.2, 0.25) is 11.9 Å². The third-order valence-electron chi connectivity index (χ3n) is 13.1. The number of rotatable bonds is 8. The van der Waals surface area contributed by atoms with E-state index >= 15 is 0 Å². The van der Waals surface area contributed by atoms with Gasteiger partial charge >= 0.3 is 0 Å². The van der Waals surface area contributed by atoms with Crippen LogP contribution in [0.5, 0.6) is 0 Å². The molecule has 4 aliphatic rings. The molecule has 0 radical (unpaired) electrons. The van der Waals surface area contributed by atoms with Crippen molar-refractivity contribution in [2.45, 2.75) is 114 Å². The molecule has 2 saturated carbocycles. The van der Waals surface area contributed by atoms with Crippen molar-refractivity contribution in [1.82, 2.24) is 30.6 Å². The van der Waals surface area contributed by atoms with Gasteiger partial charge in [0.1, 0.15) is 23.0 Å². The normalized spacial score (nSPS) is 25.4. The minimum absolute atomic E-state index is 0.00224. The Balaban J connectivity index is 0.000000196. The second-order valence-corrected chi connectivity index (χ2v) is 18.4. The van der Waals surface area contributed by atoms with Crippen LogP contribution in [0.1, 0.15) is 100 Å². The van der Waals surface area contributed by atoms with Gasteiger partial charge in [0.25, 0.3) is 11.8 Å². The summed E-state index contributed by atoms with van der Waals surface area (Å²) in [5.74, 6) is -0.320. The zero-order valence-corrected chi connectivity index (χ0v) is 37.9. The number of carbonyl (C=O) groups excluding carboxylic acids is 2. The van der Waals surface area contributed by atoms with E-state index in [0.29, 0.717) is 99.6 Å². The van der Waals surface area contributed by atoms with Crippen molar-refractivity contribution >= 4 is 46.5 Å². The lowest BCUT2D eigenvalue weighted by Gasteiger charge is -2.41. The van der Waals surface area contributed by atoms with Gasteiger partial charge in [-0.25, -0.2) is 38.4 Å². The molecule has 2 saturated heterocycles. The monoisotopic (exact) mass is 904 g/mol.